The largest absolute Gasteiger partial charge is 0.313 e. The van der Waals surface area contributed by atoms with Crippen LogP contribution in [0.4, 0.5) is 4.39 Å². The summed E-state index contributed by atoms with van der Waals surface area (Å²) in [7, 11) is 4.04. The molecule has 0 saturated carbocycles. The topological polar surface area (TPSA) is 15.3 Å². The SMILES string of the molecule is CCCC(C)N(C)CCC(NC)c1ccccc1F. The third-order valence-electron chi connectivity index (χ3n) is 3.86. The second-order valence-corrected chi connectivity index (χ2v) is 5.27. The molecule has 108 valence electrons. The normalized spacial score (nSPS) is 14.6. The van der Waals surface area contributed by atoms with Crippen molar-refractivity contribution in [2.45, 2.75) is 45.2 Å². The van der Waals surface area contributed by atoms with E-state index in [0.29, 0.717) is 6.04 Å². The summed E-state index contributed by atoms with van der Waals surface area (Å²) in [4.78, 5) is 2.36. The molecule has 0 aliphatic heterocycles. The molecule has 0 spiro atoms. The van der Waals surface area contributed by atoms with Crippen LogP contribution in [-0.2, 0) is 0 Å². The fourth-order valence-corrected chi connectivity index (χ4v) is 2.40. The molecule has 0 amide bonds. The van der Waals surface area contributed by atoms with E-state index in [4.69, 9.17) is 0 Å². The molecule has 0 aliphatic carbocycles. The maximum absolute atomic E-state index is 13.8. The Morgan fingerprint density at radius 2 is 1.95 bits per heavy atom. The molecule has 2 nitrogen and oxygen atoms in total. The van der Waals surface area contributed by atoms with Gasteiger partial charge in [0.15, 0.2) is 0 Å². The minimum atomic E-state index is -0.119. The van der Waals surface area contributed by atoms with E-state index in [2.05, 4.69) is 31.1 Å². The van der Waals surface area contributed by atoms with Gasteiger partial charge in [0.2, 0.25) is 0 Å². The highest BCUT2D eigenvalue weighted by molar-refractivity contribution is 5.21. The van der Waals surface area contributed by atoms with Gasteiger partial charge < -0.3 is 10.2 Å². The van der Waals surface area contributed by atoms with Crippen molar-refractivity contribution in [3.63, 3.8) is 0 Å². The van der Waals surface area contributed by atoms with Crippen molar-refractivity contribution < 1.29 is 4.39 Å². The minimum absolute atomic E-state index is 0.0810. The van der Waals surface area contributed by atoms with Crippen molar-refractivity contribution in [2.75, 3.05) is 20.6 Å². The Bertz CT molecular complexity index is 368. The molecule has 0 fully saturated rings. The molecule has 2 unspecified atom stereocenters. The average molecular weight is 266 g/mol. The number of hydrogen-bond donors (Lipinski definition) is 1. The molecular formula is C16H27FN2. The maximum atomic E-state index is 13.8. The molecule has 1 rings (SSSR count). The van der Waals surface area contributed by atoms with Crippen molar-refractivity contribution in [3.8, 4) is 0 Å². The van der Waals surface area contributed by atoms with Crippen molar-refractivity contribution in [1.82, 2.24) is 10.2 Å². The Kier molecular flexibility index (Phi) is 7.03. The molecule has 0 bridgehead atoms. The second kappa shape index (κ2) is 8.28. The summed E-state index contributed by atoms with van der Waals surface area (Å²) in [6, 6.07) is 7.70. The van der Waals surface area contributed by atoms with Gasteiger partial charge in [0.05, 0.1) is 0 Å². The Morgan fingerprint density at radius 3 is 2.53 bits per heavy atom. The van der Waals surface area contributed by atoms with E-state index in [1.165, 1.54) is 18.9 Å². The lowest BCUT2D eigenvalue weighted by atomic mass is 10.0. The van der Waals surface area contributed by atoms with Crippen LogP contribution in [0.5, 0.6) is 0 Å². The summed E-state index contributed by atoms with van der Waals surface area (Å²) in [6.45, 7) is 5.43. The highest BCUT2D eigenvalue weighted by Gasteiger charge is 2.15. The lowest BCUT2D eigenvalue weighted by Crippen LogP contribution is -2.32. The molecule has 3 heteroatoms. The molecule has 2 atom stereocenters. The summed E-state index contributed by atoms with van der Waals surface area (Å²) in [6.07, 6.45) is 3.33. The van der Waals surface area contributed by atoms with Gasteiger partial charge in [-0.25, -0.2) is 4.39 Å². The van der Waals surface area contributed by atoms with Crippen molar-refractivity contribution >= 4 is 0 Å². The van der Waals surface area contributed by atoms with Crippen LogP contribution in [0, 0.1) is 5.82 Å². The first kappa shape index (κ1) is 16.1. The second-order valence-electron chi connectivity index (χ2n) is 5.27. The zero-order valence-corrected chi connectivity index (χ0v) is 12.6. The van der Waals surface area contributed by atoms with Crippen molar-refractivity contribution in [1.29, 1.82) is 0 Å². The van der Waals surface area contributed by atoms with Gasteiger partial charge in [-0.1, -0.05) is 31.5 Å². The Balaban J connectivity index is 2.56. The first-order valence-electron chi connectivity index (χ1n) is 7.22. The van der Waals surface area contributed by atoms with Gasteiger partial charge in [0.25, 0.3) is 0 Å². The van der Waals surface area contributed by atoms with E-state index in [-0.39, 0.29) is 11.9 Å². The highest BCUT2D eigenvalue weighted by atomic mass is 19.1. The van der Waals surface area contributed by atoms with Crippen LogP contribution in [0.25, 0.3) is 0 Å². The van der Waals surface area contributed by atoms with Crippen LogP contribution in [-0.4, -0.2) is 31.6 Å². The van der Waals surface area contributed by atoms with Gasteiger partial charge in [0, 0.05) is 17.6 Å². The lowest BCUT2D eigenvalue weighted by Gasteiger charge is -2.27. The predicted octanol–water partition coefficient (Wildman–Crippen LogP) is 3.60. The van der Waals surface area contributed by atoms with E-state index in [1.54, 1.807) is 6.07 Å². The molecule has 0 aromatic heterocycles. The Labute approximate surface area is 117 Å². The molecule has 1 aromatic rings. The van der Waals surface area contributed by atoms with E-state index < -0.39 is 0 Å². The zero-order chi connectivity index (χ0) is 14.3. The minimum Gasteiger partial charge on any atom is -0.313 e. The van der Waals surface area contributed by atoms with Gasteiger partial charge in [-0.05, 0) is 46.5 Å². The summed E-state index contributed by atoms with van der Waals surface area (Å²) < 4.78 is 13.8. The Hall–Kier alpha value is -0.930. The molecule has 0 aliphatic rings. The first-order chi connectivity index (χ1) is 9.10. The number of benzene rings is 1. The van der Waals surface area contributed by atoms with Crippen molar-refractivity contribution in [3.05, 3.63) is 35.6 Å². The van der Waals surface area contributed by atoms with Crippen molar-refractivity contribution in [2.24, 2.45) is 0 Å². The molecular weight excluding hydrogens is 239 g/mol. The van der Waals surface area contributed by atoms with E-state index >= 15 is 0 Å². The number of nitrogens with one attached hydrogen (secondary N) is 1. The molecule has 0 radical (unpaired) electrons. The highest BCUT2D eigenvalue weighted by Crippen LogP contribution is 2.20. The van der Waals surface area contributed by atoms with Gasteiger partial charge in [-0.3, -0.25) is 0 Å². The van der Waals surface area contributed by atoms with Gasteiger partial charge in [-0.2, -0.15) is 0 Å². The summed E-state index contributed by atoms with van der Waals surface area (Å²) in [5.74, 6) is -0.119. The summed E-state index contributed by atoms with van der Waals surface area (Å²) in [5, 5.41) is 3.22. The predicted molar refractivity (Wildman–Crippen MR) is 79.8 cm³/mol. The number of rotatable bonds is 8. The zero-order valence-electron chi connectivity index (χ0n) is 12.6. The van der Waals surface area contributed by atoms with E-state index in [0.717, 1.165) is 18.5 Å². The van der Waals surface area contributed by atoms with E-state index in [9.17, 15) is 4.39 Å². The van der Waals surface area contributed by atoms with Crippen LogP contribution < -0.4 is 5.32 Å². The van der Waals surface area contributed by atoms with Crippen LogP contribution in [0.1, 0.15) is 44.7 Å². The van der Waals surface area contributed by atoms with Gasteiger partial charge in [-0.15, -0.1) is 0 Å². The molecule has 0 saturated heterocycles. The molecule has 1 aromatic carbocycles. The van der Waals surface area contributed by atoms with Gasteiger partial charge >= 0.3 is 0 Å². The number of halogens is 1. The third kappa shape index (κ3) is 4.92. The fraction of sp³-hybridized carbons (Fsp3) is 0.625. The fourth-order valence-electron chi connectivity index (χ4n) is 2.40. The summed E-state index contributed by atoms with van der Waals surface area (Å²) >= 11 is 0. The first-order valence-corrected chi connectivity index (χ1v) is 7.22. The van der Waals surface area contributed by atoms with Crippen LogP contribution in [0.15, 0.2) is 24.3 Å². The van der Waals surface area contributed by atoms with Crippen LogP contribution in [0.2, 0.25) is 0 Å². The lowest BCUT2D eigenvalue weighted by molar-refractivity contribution is 0.232. The average Bonchev–Trinajstić information content (AvgIpc) is 2.41. The molecule has 19 heavy (non-hydrogen) atoms. The number of nitrogens with zero attached hydrogens (tertiary/aromatic N) is 1. The van der Waals surface area contributed by atoms with Crippen LogP contribution in [0.3, 0.4) is 0 Å². The molecule has 1 N–H and O–H groups in total. The Morgan fingerprint density at radius 1 is 1.26 bits per heavy atom. The van der Waals surface area contributed by atoms with E-state index in [1.807, 2.05) is 19.2 Å². The standard InChI is InChI=1S/C16H27FN2/c1-5-8-13(2)19(4)12-11-16(18-3)14-9-6-7-10-15(14)17/h6-7,9-10,13,16,18H,5,8,11-12H2,1-4H3. The smallest absolute Gasteiger partial charge is 0.127 e. The third-order valence-corrected chi connectivity index (χ3v) is 3.86. The number of hydrogen-bond acceptors (Lipinski definition) is 2. The maximum Gasteiger partial charge on any atom is 0.127 e. The quantitative estimate of drug-likeness (QED) is 0.773. The monoisotopic (exact) mass is 266 g/mol. The van der Waals surface area contributed by atoms with Gasteiger partial charge in [0.1, 0.15) is 5.82 Å². The van der Waals surface area contributed by atoms with Crippen LogP contribution >= 0.6 is 0 Å². The summed E-state index contributed by atoms with van der Waals surface area (Å²) in [5.41, 5.74) is 0.765. The molecule has 0 heterocycles.